The van der Waals surface area contributed by atoms with Gasteiger partial charge in [-0.15, -0.1) is 0 Å². The van der Waals surface area contributed by atoms with Crippen LogP contribution in [0.5, 0.6) is 0 Å². The van der Waals surface area contributed by atoms with E-state index in [-0.39, 0.29) is 23.9 Å². The van der Waals surface area contributed by atoms with Crippen molar-refractivity contribution < 1.29 is 9.59 Å². The Kier molecular flexibility index (Phi) is 3.17. The summed E-state index contributed by atoms with van der Waals surface area (Å²) in [5.74, 6) is 0.307. The molecule has 4 heteroatoms. The van der Waals surface area contributed by atoms with E-state index in [9.17, 15) is 9.59 Å². The Balaban J connectivity index is 2.22. The summed E-state index contributed by atoms with van der Waals surface area (Å²) in [5, 5.41) is 0. The zero-order chi connectivity index (χ0) is 11.7. The van der Waals surface area contributed by atoms with Crippen LogP contribution in [0.4, 0.5) is 0 Å². The third-order valence-corrected chi connectivity index (χ3v) is 3.58. The van der Waals surface area contributed by atoms with E-state index in [2.05, 4.69) is 0 Å². The van der Waals surface area contributed by atoms with Gasteiger partial charge in [0.15, 0.2) is 0 Å². The van der Waals surface area contributed by atoms with Crippen LogP contribution in [0, 0.1) is 0 Å². The van der Waals surface area contributed by atoms with E-state index >= 15 is 0 Å². The number of carbonyl (C=O) groups is 2. The highest BCUT2D eigenvalue weighted by atomic mass is 16.2. The van der Waals surface area contributed by atoms with Gasteiger partial charge >= 0.3 is 0 Å². The molecule has 1 atom stereocenters. The van der Waals surface area contributed by atoms with E-state index < -0.39 is 0 Å². The average Bonchev–Trinajstić information content (AvgIpc) is 2.39. The summed E-state index contributed by atoms with van der Waals surface area (Å²) in [5.41, 5.74) is 0. The maximum Gasteiger partial charge on any atom is 0.245 e. The van der Waals surface area contributed by atoms with Crippen molar-refractivity contribution in [3.05, 3.63) is 0 Å². The van der Waals surface area contributed by atoms with Crippen LogP contribution in [-0.2, 0) is 9.59 Å². The smallest absolute Gasteiger partial charge is 0.245 e. The molecule has 0 spiro atoms. The minimum absolute atomic E-state index is 0.153. The first kappa shape index (κ1) is 11.4. The molecule has 0 aromatic carbocycles. The maximum atomic E-state index is 12.3. The minimum atomic E-state index is -0.175. The first-order chi connectivity index (χ1) is 7.61. The van der Waals surface area contributed by atoms with Crippen molar-refractivity contribution in [2.75, 3.05) is 13.1 Å². The first-order valence-corrected chi connectivity index (χ1v) is 6.21. The Morgan fingerprint density at radius 3 is 2.62 bits per heavy atom. The van der Waals surface area contributed by atoms with Crippen molar-refractivity contribution in [3.63, 3.8) is 0 Å². The molecule has 2 aliphatic rings. The fraction of sp³-hybridized carbons (Fsp3) is 0.833. The Bertz CT molecular complexity index is 301. The molecule has 2 aliphatic heterocycles. The molecule has 0 N–H and O–H groups in total. The summed E-state index contributed by atoms with van der Waals surface area (Å²) in [4.78, 5) is 27.9. The van der Waals surface area contributed by atoms with Gasteiger partial charge in [-0.25, -0.2) is 0 Å². The number of hydrogen-bond acceptors (Lipinski definition) is 2. The van der Waals surface area contributed by atoms with Gasteiger partial charge in [-0.3, -0.25) is 9.59 Å². The average molecular weight is 224 g/mol. The number of rotatable bonds is 1. The van der Waals surface area contributed by atoms with Gasteiger partial charge in [-0.05, 0) is 33.1 Å². The third kappa shape index (κ3) is 1.93. The lowest BCUT2D eigenvalue weighted by Crippen LogP contribution is -2.51. The molecular formula is C12H20N2O2. The second-order valence-electron chi connectivity index (χ2n) is 4.97. The summed E-state index contributed by atoms with van der Waals surface area (Å²) in [7, 11) is 0. The number of piperidine rings is 1. The molecule has 2 saturated heterocycles. The van der Waals surface area contributed by atoms with Gasteiger partial charge in [0.2, 0.25) is 11.8 Å². The van der Waals surface area contributed by atoms with Crippen LogP contribution in [0.15, 0.2) is 0 Å². The van der Waals surface area contributed by atoms with Crippen molar-refractivity contribution in [3.8, 4) is 0 Å². The second-order valence-corrected chi connectivity index (χ2v) is 4.97. The number of carbonyl (C=O) groups excluding carboxylic acids is 2. The Labute approximate surface area is 96.6 Å². The predicted molar refractivity (Wildman–Crippen MR) is 60.8 cm³/mol. The molecular weight excluding hydrogens is 204 g/mol. The monoisotopic (exact) mass is 224 g/mol. The van der Waals surface area contributed by atoms with Gasteiger partial charge in [0.25, 0.3) is 0 Å². The van der Waals surface area contributed by atoms with Crippen LogP contribution < -0.4 is 0 Å². The molecule has 4 nitrogen and oxygen atoms in total. The van der Waals surface area contributed by atoms with E-state index in [1.807, 2.05) is 18.7 Å². The highest BCUT2D eigenvalue weighted by molar-refractivity contribution is 5.90. The van der Waals surface area contributed by atoms with Crippen molar-refractivity contribution >= 4 is 11.8 Å². The zero-order valence-electron chi connectivity index (χ0n) is 10.1. The quantitative estimate of drug-likeness (QED) is 0.667. The predicted octanol–water partition coefficient (Wildman–Crippen LogP) is 1.01. The molecule has 2 amide bonds. The molecule has 2 fully saturated rings. The minimum Gasteiger partial charge on any atom is -0.338 e. The van der Waals surface area contributed by atoms with Crippen LogP contribution in [-0.4, -0.2) is 46.8 Å². The van der Waals surface area contributed by atoms with Gasteiger partial charge in [-0.2, -0.15) is 0 Å². The fourth-order valence-electron chi connectivity index (χ4n) is 2.66. The van der Waals surface area contributed by atoms with Crippen LogP contribution in [0.25, 0.3) is 0 Å². The fourth-order valence-corrected chi connectivity index (χ4v) is 2.66. The largest absolute Gasteiger partial charge is 0.338 e. The standard InChI is InChI=1S/C12H20N2O2/c1-9(2)13-8-6-11(15)14-7-4-3-5-10(14)12(13)16/h9-10H,3-8H2,1-2H3. The van der Waals surface area contributed by atoms with Gasteiger partial charge in [-0.1, -0.05) is 0 Å². The first-order valence-electron chi connectivity index (χ1n) is 6.21. The molecule has 0 radical (unpaired) electrons. The summed E-state index contributed by atoms with van der Waals surface area (Å²) in [6.07, 6.45) is 3.43. The SMILES string of the molecule is CC(C)N1CCC(=O)N2CCCCC2C1=O. The molecule has 16 heavy (non-hydrogen) atoms. The van der Waals surface area contributed by atoms with Crippen molar-refractivity contribution in [2.45, 2.75) is 51.6 Å². The molecule has 2 rings (SSSR count). The molecule has 2 heterocycles. The summed E-state index contributed by atoms with van der Waals surface area (Å²) < 4.78 is 0. The molecule has 0 aromatic heterocycles. The van der Waals surface area contributed by atoms with Crippen molar-refractivity contribution in [1.29, 1.82) is 0 Å². The number of fused-ring (bicyclic) bond motifs is 1. The third-order valence-electron chi connectivity index (χ3n) is 3.58. The lowest BCUT2D eigenvalue weighted by molar-refractivity contribution is -0.143. The van der Waals surface area contributed by atoms with Crippen LogP contribution >= 0.6 is 0 Å². The molecule has 90 valence electrons. The number of nitrogens with zero attached hydrogens (tertiary/aromatic N) is 2. The Morgan fingerprint density at radius 2 is 1.94 bits per heavy atom. The topological polar surface area (TPSA) is 40.6 Å². The molecule has 0 aromatic rings. The van der Waals surface area contributed by atoms with Gasteiger partial charge in [0.05, 0.1) is 0 Å². The van der Waals surface area contributed by atoms with Crippen molar-refractivity contribution in [2.24, 2.45) is 0 Å². The summed E-state index contributed by atoms with van der Waals surface area (Å²) >= 11 is 0. The molecule has 0 saturated carbocycles. The van der Waals surface area contributed by atoms with E-state index in [1.165, 1.54) is 0 Å². The Morgan fingerprint density at radius 1 is 1.19 bits per heavy atom. The number of amides is 2. The zero-order valence-corrected chi connectivity index (χ0v) is 10.1. The number of hydrogen-bond donors (Lipinski definition) is 0. The molecule has 0 aliphatic carbocycles. The highest BCUT2D eigenvalue weighted by Gasteiger charge is 2.38. The normalized spacial score (nSPS) is 27.1. The molecule has 0 bridgehead atoms. The second kappa shape index (κ2) is 4.44. The van der Waals surface area contributed by atoms with E-state index in [1.54, 1.807) is 4.90 Å². The maximum absolute atomic E-state index is 12.3. The van der Waals surface area contributed by atoms with Gasteiger partial charge in [0, 0.05) is 25.6 Å². The lowest BCUT2D eigenvalue weighted by atomic mass is 10.0. The Hall–Kier alpha value is -1.06. The molecule has 1 unspecified atom stereocenters. The van der Waals surface area contributed by atoms with Crippen LogP contribution in [0.1, 0.15) is 39.5 Å². The van der Waals surface area contributed by atoms with Crippen molar-refractivity contribution in [1.82, 2.24) is 9.80 Å². The van der Waals surface area contributed by atoms with E-state index in [4.69, 9.17) is 0 Å². The lowest BCUT2D eigenvalue weighted by Gasteiger charge is -2.35. The highest BCUT2D eigenvalue weighted by Crippen LogP contribution is 2.23. The van der Waals surface area contributed by atoms with Crippen LogP contribution in [0.3, 0.4) is 0 Å². The van der Waals surface area contributed by atoms with Gasteiger partial charge in [0.1, 0.15) is 6.04 Å². The van der Waals surface area contributed by atoms with E-state index in [0.717, 1.165) is 25.8 Å². The summed E-state index contributed by atoms with van der Waals surface area (Å²) in [6, 6.07) is 0.0216. The summed E-state index contributed by atoms with van der Waals surface area (Å²) in [6.45, 7) is 5.38. The van der Waals surface area contributed by atoms with E-state index in [0.29, 0.717) is 13.0 Å². The van der Waals surface area contributed by atoms with Crippen LogP contribution in [0.2, 0.25) is 0 Å². The van der Waals surface area contributed by atoms with Gasteiger partial charge < -0.3 is 9.80 Å².